The van der Waals surface area contributed by atoms with Crippen molar-refractivity contribution in [2.24, 2.45) is 0 Å². The van der Waals surface area contributed by atoms with Gasteiger partial charge in [0.2, 0.25) is 5.91 Å². The van der Waals surface area contributed by atoms with Gasteiger partial charge in [-0.05, 0) is 49.2 Å². The highest BCUT2D eigenvalue weighted by molar-refractivity contribution is 6.31. The molecule has 2 N–H and O–H groups in total. The SMILES string of the molecule is COc1cc(C)ccc1Oc1ccc(Cl)cc1C(=O)NC1CCNC(=O)C1. The first-order valence-electron chi connectivity index (χ1n) is 8.66. The van der Waals surface area contributed by atoms with Gasteiger partial charge in [0, 0.05) is 24.0 Å². The van der Waals surface area contributed by atoms with Crippen LogP contribution in [0.25, 0.3) is 0 Å². The highest BCUT2D eigenvalue weighted by Crippen LogP contribution is 2.34. The van der Waals surface area contributed by atoms with Crippen LogP contribution < -0.4 is 20.1 Å². The van der Waals surface area contributed by atoms with Crippen LogP contribution in [0.1, 0.15) is 28.8 Å². The van der Waals surface area contributed by atoms with Gasteiger partial charge in [-0.3, -0.25) is 9.59 Å². The number of carbonyl (C=O) groups is 2. The number of rotatable bonds is 5. The number of amides is 2. The standard InChI is InChI=1S/C20H21ClN2O4/c1-12-3-5-17(18(9-12)26-2)27-16-6-4-13(21)10-15(16)20(25)23-14-7-8-22-19(24)11-14/h3-6,9-10,14H,7-8,11H2,1-2H3,(H,22,24)(H,23,25). The zero-order chi connectivity index (χ0) is 19.4. The predicted octanol–water partition coefficient (Wildman–Crippen LogP) is 3.46. The molecule has 27 heavy (non-hydrogen) atoms. The molecule has 7 heteroatoms. The van der Waals surface area contributed by atoms with Gasteiger partial charge >= 0.3 is 0 Å². The number of nitrogens with one attached hydrogen (secondary N) is 2. The topological polar surface area (TPSA) is 76.7 Å². The summed E-state index contributed by atoms with van der Waals surface area (Å²) in [6.07, 6.45) is 0.939. The summed E-state index contributed by atoms with van der Waals surface area (Å²) in [7, 11) is 1.56. The summed E-state index contributed by atoms with van der Waals surface area (Å²) in [5.74, 6) is 1.02. The molecule has 0 spiro atoms. The Hall–Kier alpha value is -2.73. The molecule has 1 fully saturated rings. The van der Waals surface area contributed by atoms with Crippen LogP contribution in [-0.2, 0) is 4.79 Å². The molecule has 1 aliphatic rings. The van der Waals surface area contributed by atoms with Gasteiger partial charge in [-0.25, -0.2) is 0 Å². The minimum absolute atomic E-state index is 0.0708. The van der Waals surface area contributed by atoms with Gasteiger partial charge in [0.25, 0.3) is 5.91 Å². The van der Waals surface area contributed by atoms with E-state index >= 15 is 0 Å². The highest BCUT2D eigenvalue weighted by Gasteiger charge is 2.23. The molecular formula is C20H21ClN2O4. The Morgan fingerprint density at radius 2 is 1.96 bits per heavy atom. The number of piperidine rings is 1. The number of halogens is 1. The maximum absolute atomic E-state index is 12.8. The lowest BCUT2D eigenvalue weighted by Gasteiger charge is -2.23. The number of benzene rings is 2. The molecule has 0 aromatic heterocycles. The summed E-state index contributed by atoms with van der Waals surface area (Å²) in [6, 6.07) is 10.2. The second kappa shape index (κ2) is 8.31. The fourth-order valence-electron chi connectivity index (χ4n) is 2.92. The number of carbonyl (C=O) groups excluding carboxylic acids is 2. The Balaban J connectivity index is 1.84. The summed E-state index contributed by atoms with van der Waals surface area (Å²) in [4.78, 5) is 24.3. The van der Waals surface area contributed by atoms with Crippen molar-refractivity contribution in [3.8, 4) is 17.2 Å². The van der Waals surface area contributed by atoms with Gasteiger partial charge in [0.05, 0.1) is 12.7 Å². The number of hydrogen-bond acceptors (Lipinski definition) is 4. The van der Waals surface area contributed by atoms with Gasteiger partial charge in [-0.2, -0.15) is 0 Å². The second-order valence-corrected chi connectivity index (χ2v) is 6.85. The first kappa shape index (κ1) is 19.0. The van der Waals surface area contributed by atoms with Crippen LogP contribution in [0.4, 0.5) is 0 Å². The number of hydrogen-bond donors (Lipinski definition) is 2. The molecule has 2 aromatic carbocycles. The lowest BCUT2D eigenvalue weighted by atomic mass is 10.1. The molecule has 142 valence electrons. The molecule has 2 amide bonds. The lowest BCUT2D eigenvalue weighted by molar-refractivity contribution is -0.122. The van der Waals surface area contributed by atoms with E-state index in [2.05, 4.69) is 10.6 Å². The van der Waals surface area contributed by atoms with Crippen molar-refractivity contribution in [2.45, 2.75) is 25.8 Å². The predicted molar refractivity (Wildman–Crippen MR) is 103 cm³/mol. The smallest absolute Gasteiger partial charge is 0.255 e. The Morgan fingerprint density at radius 1 is 1.19 bits per heavy atom. The van der Waals surface area contributed by atoms with Crippen LogP contribution in [0.5, 0.6) is 17.2 Å². The molecular weight excluding hydrogens is 368 g/mol. The van der Waals surface area contributed by atoms with Gasteiger partial charge in [-0.1, -0.05) is 17.7 Å². The zero-order valence-corrected chi connectivity index (χ0v) is 15.9. The van der Waals surface area contributed by atoms with Crippen molar-refractivity contribution >= 4 is 23.4 Å². The fraction of sp³-hybridized carbons (Fsp3) is 0.300. The second-order valence-electron chi connectivity index (χ2n) is 6.41. The normalized spacial score (nSPS) is 16.4. The molecule has 0 bridgehead atoms. The van der Waals surface area contributed by atoms with Gasteiger partial charge in [0.1, 0.15) is 5.75 Å². The minimum atomic E-state index is -0.335. The van der Waals surface area contributed by atoms with Crippen LogP contribution in [0.3, 0.4) is 0 Å². The molecule has 3 rings (SSSR count). The van der Waals surface area contributed by atoms with Crippen LogP contribution in [0.15, 0.2) is 36.4 Å². The van der Waals surface area contributed by atoms with E-state index in [4.69, 9.17) is 21.1 Å². The van der Waals surface area contributed by atoms with Crippen molar-refractivity contribution in [2.75, 3.05) is 13.7 Å². The molecule has 2 aromatic rings. The third kappa shape index (κ3) is 4.71. The maximum atomic E-state index is 12.8. The largest absolute Gasteiger partial charge is 0.493 e. The summed E-state index contributed by atoms with van der Waals surface area (Å²) < 4.78 is 11.3. The van der Waals surface area contributed by atoms with Crippen LogP contribution in [0, 0.1) is 6.92 Å². The van der Waals surface area contributed by atoms with Crippen molar-refractivity contribution in [3.63, 3.8) is 0 Å². The molecule has 0 radical (unpaired) electrons. The van der Waals surface area contributed by atoms with Crippen molar-refractivity contribution in [1.29, 1.82) is 0 Å². The molecule has 1 saturated heterocycles. The van der Waals surface area contributed by atoms with Crippen molar-refractivity contribution in [3.05, 3.63) is 52.5 Å². The lowest BCUT2D eigenvalue weighted by Crippen LogP contribution is -2.45. The van der Waals surface area contributed by atoms with E-state index < -0.39 is 0 Å². The zero-order valence-electron chi connectivity index (χ0n) is 15.2. The van der Waals surface area contributed by atoms with Gasteiger partial charge in [0.15, 0.2) is 11.5 Å². The molecule has 6 nitrogen and oxygen atoms in total. The van der Waals surface area contributed by atoms with E-state index in [1.54, 1.807) is 31.4 Å². The molecule has 0 saturated carbocycles. The van der Waals surface area contributed by atoms with E-state index in [0.717, 1.165) is 5.56 Å². The Bertz CT molecular complexity index is 869. The van der Waals surface area contributed by atoms with Crippen LogP contribution in [0.2, 0.25) is 5.02 Å². The number of methoxy groups -OCH3 is 1. The number of aryl methyl sites for hydroxylation is 1. The van der Waals surface area contributed by atoms with Crippen LogP contribution in [-0.4, -0.2) is 31.5 Å². The summed E-state index contributed by atoms with van der Waals surface area (Å²) in [6.45, 7) is 2.50. The van der Waals surface area contributed by atoms with Crippen molar-refractivity contribution < 1.29 is 19.1 Å². The van der Waals surface area contributed by atoms with Gasteiger partial charge < -0.3 is 20.1 Å². The van der Waals surface area contributed by atoms with Gasteiger partial charge in [-0.15, -0.1) is 0 Å². The minimum Gasteiger partial charge on any atom is -0.493 e. The third-order valence-electron chi connectivity index (χ3n) is 4.31. The van der Waals surface area contributed by atoms with E-state index in [1.165, 1.54) is 0 Å². The molecule has 1 heterocycles. The van der Waals surface area contributed by atoms with E-state index in [1.807, 2.05) is 19.1 Å². The molecule has 1 aliphatic heterocycles. The Morgan fingerprint density at radius 3 is 2.70 bits per heavy atom. The maximum Gasteiger partial charge on any atom is 0.255 e. The molecule has 0 aliphatic carbocycles. The fourth-order valence-corrected chi connectivity index (χ4v) is 3.09. The van der Waals surface area contributed by atoms with Crippen molar-refractivity contribution in [1.82, 2.24) is 10.6 Å². The molecule has 1 unspecified atom stereocenters. The highest BCUT2D eigenvalue weighted by atomic mass is 35.5. The Kier molecular flexibility index (Phi) is 5.86. The summed E-state index contributed by atoms with van der Waals surface area (Å²) in [5.41, 5.74) is 1.33. The first-order valence-corrected chi connectivity index (χ1v) is 9.03. The van der Waals surface area contributed by atoms with E-state index in [-0.39, 0.29) is 24.3 Å². The monoisotopic (exact) mass is 388 g/mol. The summed E-state index contributed by atoms with van der Waals surface area (Å²) >= 11 is 6.08. The van der Waals surface area contributed by atoms with Crippen LogP contribution >= 0.6 is 11.6 Å². The quantitative estimate of drug-likeness (QED) is 0.822. The third-order valence-corrected chi connectivity index (χ3v) is 4.54. The number of ether oxygens (including phenoxy) is 2. The first-order chi connectivity index (χ1) is 13.0. The van der Waals surface area contributed by atoms with E-state index in [9.17, 15) is 9.59 Å². The molecule has 1 atom stereocenters. The average molecular weight is 389 g/mol. The Labute approximate surface area is 162 Å². The van der Waals surface area contributed by atoms with E-state index in [0.29, 0.717) is 40.8 Å². The summed E-state index contributed by atoms with van der Waals surface area (Å²) in [5, 5.41) is 6.05. The average Bonchev–Trinajstić information content (AvgIpc) is 2.64.